The van der Waals surface area contributed by atoms with Crippen molar-refractivity contribution in [3.05, 3.63) is 0 Å². The van der Waals surface area contributed by atoms with Crippen molar-refractivity contribution in [3.63, 3.8) is 0 Å². The van der Waals surface area contributed by atoms with E-state index in [4.69, 9.17) is 0 Å². The summed E-state index contributed by atoms with van der Waals surface area (Å²) in [7, 11) is 0. The third-order valence-electron chi connectivity index (χ3n) is 2.87. The molecular formula is C8H9F3O. The lowest BCUT2D eigenvalue weighted by Crippen LogP contribution is -2.27. The Kier molecular flexibility index (Phi) is 1.50. The molecule has 2 aliphatic carbocycles. The molecule has 0 N–H and O–H groups in total. The molecule has 4 heteroatoms. The van der Waals surface area contributed by atoms with Crippen LogP contribution in [0.3, 0.4) is 0 Å². The summed E-state index contributed by atoms with van der Waals surface area (Å²) in [5.74, 6) is -4.35. The zero-order chi connectivity index (χ0) is 8.93. The van der Waals surface area contributed by atoms with Gasteiger partial charge in [0.05, 0.1) is 0 Å². The van der Waals surface area contributed by atoms with Gasteiger partial charge in [0, 0.05) is 25.2 Å². The summed E-state index contributed by atoms with van der Waals surface area (Å²) in [5, 5.41) is 0. The minimum absolute atomic E-state index is 0.0153. The molecule has 0 unspecified atom stereocenters. The summed E-state index contributed by atoms with van der Waals surface area (Å²) in [6.45, 7) is 0. The topological polar surface area (TPSA) is 17.1 Å². The molecule has 0 spiro atoms. The van der Waals surface area contributed by atoms with Gasteiger partial charge in [-0.05, 0) is 5.92 Å². The zero-order valence-corrected chi connectivity index (χ0v) is 6.40. The second-order valence-electron chi connectivity index (χ2n) is 3.74. The van der Waals surface area contributed by atoms with Gasteiger partial charge < -0.3 is 0 Å². The Bertz CT molecular complexity index is 226. The molecule has 3 atom stereocenters. The van der Waals surface area contributed by atoms with Gasteiger partial charge in [-0.15, -0.1) is 0 Å². The standard InChI is InChI=1S/C8H9F3O/c9-7-6-2-5(12)1-4(6)3-8(7,10)11/h4,6-7H,1-3H2/t4-,6-,7+/m0/s1. The van der Waals surface area contributed by atoms with Gasteiger partial charge in [-0.25, -0.2) is 13.2 Å². The molecule has 1 nitrogen and oxygen atoms in total. The summed E-state index contributed by atoms with van der Waals surface area (Å²) in [6.07, 6.45) is -2.36. The Morgan fingerprint density at radius 3 is 2.58 bits per heavy atom. The van der Waals surface area contributed by atoms with Crippen LogP contribution >= 0.6 is 0 Å². The van der Waals surface area contributed by atoms with Gasteiger partial charge in [-0.1, -0.05) is 0 Å². The van der Waals surface area contributed by atoms with Crippen LogP contribution in [0.4, 0.5) is 13.2 Å². The van der Waals surface area contributed by atoms with E-state index in [0.29, 0.717) is 0 Å². The maximum Gasteiger partial charge on any atom is 0.279 e. The van der Waals surface area contributed by atoms with Gasteiger partial charge in [0.15, 0.2) is 6.17 Å². The van der Waals surface area contributed by atoms with Crippen LogP contribution in [0.5, 0.6) is 0 Å². The first-order valence-corrected chi connectivity index (χ1v) is 4.04. The molecule has 0 aromatic heterocycles. The highest BCUT2D eigenvalue weighted by molar-refractivity contribution is 5.81. The van der Waals surface area contributed by atoms with Gasteiger partial charge in [0.2, 0.25) is 0 Å². The summed E-state index contributed by atoms with van der Waals surface area (Å²) in [5.41, 5.74) is 0. The minimum atomic E-state index is -3.18. The number of Topliss-reactive ketones (excluding diaryl/α,β-unsaturated/α-hetero) is 1. The molecule has 0 radical (unpaired) electrons. The average Bonchev–Trinajstić information content (AvgIpc) is 2.35. The molecule has 0 aliphatic heterocycles. The first-order valence-electron chi connectivity index (χ1n) is 4.04. The Labute approximate surface area is 67.9 Å². The smallest absolute Gasteiger partial charge is 0.279 e. The quantitative estimate of drug-likeness (QED) is 0.554. The lowest BCUT2D eigenvalue weighted by atomic mass is 10.0. The van der Waals surface area contributed by atoms with Gasteiger partial charge in [0.25, 0.3) is 5.92 Å². The van der Waals surface area contributed by atoms with Crippen molar-refractivity contribution in [3.8, 4) is 0 Å². The molecule has 0 aromatic rings. The van der Waals surface area contributed by atoms with Crippen molar-refractivity contribution in [2.24, 2.45) is 11.8 Å². The molecule has 2 fully saturated rings. The van der Waals surface area contributed by atoms with Gasteiger partial charge >= 0.3 is 0 Å². The molecule has 68 valence electrons. The van der Waals surface area contributed by atoms with Crippen LogP contribution in [0.2, 0.25) is 0 Å². The number of carbonyl (C=O) groups excluding carboxylic acids is 1. The highest BCUT2D eigenvalue weighted by atomic mass is 19.3. The molecule has 2 saturated carbocycles. The van der Waals surface area contributed by atoms with Crippen LogP contribution in [-0.2, 0) is 4.79 Å². The van der Waals surface area contributed by atoms with Crippen molar-refractivity contribution < 1.29 is 18.0 Å². The molecule has 2 aliphatic rings. The number of ketones is 1. The normalized spacial score (nSPS) is 44.9. The van der Waals surface area contributed by atoms with Crippen molar-refractivity contribution in [2.45, 2.75) is 31.4 Å². The number of hydrogen-bond donors (Lipinski definition) is 0. The Morgan fingerprint density at radius 1 is 1.33 bits per heavy atom. The van der Waals surface area contributed by atoms with Gasteiger partial charge in [-0.3, -0.25) is 4.79 Å². The van der Waals surface area contributed by atoms with E-state index in [-0.39, 0.29) is 18.6 Å². The van der Waals surface area contributed by atoms with E-state index < -0.39 is 30.4 Å². The number of halogens is 3. The van der Waals surface area contributed by atoms with Crippen LogP contribution in [0.1, 0.15) is 19.3 Å². The minimum Gasteiger partial charge on any atom is -0.300 e. The van der Waals surface area contributed by atoms with E-state index in [1.54, 1.807) is 0 Å². The maximum atomic E-state index is 12.9. The molecule has 0 heterocycles. The second kappa shape index (κ2) is 2.24. The number of carbonyl (C=O) groups is 1. The largest absolute Gasteiger partial charge is 0.300 e. The molecule has 0 bridgehead atoms. The molecule has 2 rings (SSSR count). The molecule has 0 saturated heterocycles. The monoisotopic (exact) mass is 178 g/mol. The number of alkyl halides is 3. The lowest BCUT2D eigenvalue weighted by molar-refractivity contribution is -0.119. The van der Waals surface area contributed by atoms with Crippen LogP contribution in [0.15, 0.2) is 0 Å². The van der Waals surface area contributed by atoms with Crippen LogP contribution in [-0.4, -0.2) is 17.9 Å². The first-order chi connectivity index (χ1) is 5.50. The number of rotatable bonds is 0. The predicted octanol–water partition coefficient (Wildman–Crippen LogP) is 1.96. The average molecular weight is 178 g/mol. The molecule has 12 heavy (non-hydrogen) atoms. The second-order valence-corrected chi connectivity index (χ2v) is 3.74. The third kappa shape index (κ3) is 0.967. The molecule has 0 amide bonds. The first kappa shape index (κ1) is 8.08. The summed E-state index contributed by atoms with van der Waals surface area (Å²) in [4.78, 5) is 10.8. The van der Waals surface area contributed by atoms with E-state index in [9.17, 15) is 18.0 Å². The van der Waals surface area contributed by atoms with Crippen LogP contribution < -0.4 is 0 Å². The maximum absolute atomic E-state index is 12.9. The Hall–Kier alpha value is -0.540. The van der Waals surface area contributed by atoms with Crippen molar-refractivity contribution in [1.29, 1.82) is 0 Å². The molecular weight excluding hydrogens is 169 g/mol. The predicted molar refractivity (Wildman–Crippen MR) is 35.7 cm³/mol. The van der Waals surface area contributed by atoms with Gasteiger partial charge in [0.1, 0.15) is 5.78 Å². The van der Waals surface area contributed by atoms with E-state index in [1.807, 2.05) is 0 Å². The lowest BCUT2D eigenvalue weighted by Gasteiger charge is -2.13. The summed E-state index contributed by atoms with van der Waals surface area (Å²) < 4.78 is 38.3. The Balaban J connectivity index is 2.19. The fraction of sp³-hybridized carbons (Fsp3) is 0.875. The van der Waals surface area contributed by atoms with Crippen molar-refractivity contribution in [2.75, 3.05) is 0 Å². The van der Waals surface area contributed by atoms with Crippen molar-refractivity contribution in [1.82, 2.24) is 0 Å². The number of fused-ring (bicyclic) bond motifs is 1. The highest BCUT2D eigenvalue weighted by Gasteiger charge is 2.58. The van der Waals surface area contributed by atoms with Crippen LogP contribution in [0.25, 0.3) is 0 Å². The number of hydrogen-bond acceptors (Lipinski definition) is 1. The van der Waals surface area contributed by atoms with E-state index in [0.717, 1.165) is 0 Å². The summed E-state index contributed by atoms with van der Waals surface area (Å²) >= 11 is 0. The van der Waals surface area contributed by atoms with E-state index in [1.165, 1.54) is 0 Å². The van der Waals surface area contributed by atoms with E-state index in [2.05, 4.69) is 0 Å². The Morgan fingerprint density at radius 2 is 2.00 bits per heavy atom. The van der Waals surface area contributed by atoms with Crippen molar-refractivity contribution >= 4 is 5.78 Å². The summed E-state index contributed by atoms with van der Waals surface area (Å²) in [6, 6.07) is 0. The fourth-order valence-corrected chi connectivity index (χ4v) is 2.30. The SMILES string of the molecule is O=C1C[C@H]2CC(F)(F)[C@H](F)[C@H]2C1. The molecule has 0 aromatic carbocycles. The van der Waals surface area contributed by atoms with E-state index >= 15 is 0 Å². The highest BCUT2D eigenvalue weighted by Crippen LogP contribution is 2.51. The van der Waals surface area contributed by atoms with Crippen LogP contribution in [0, 0.1) is 11.8 Å². The fourth-order valence-electron chi connectivity index (χ4n) is 2.30. The zero-order valence-electron chi connectivity index (χ0n) is 6.40. The van der Waals surface area contributed by atoms with Gasteiger partial charge in [-0.2, -0.15) is 0 Å². The third-order valence-corrected chi connectivity index (χ3v) is 2.87.